The third-order valence-electron chi connectivity index (χ3n) is 3.22. The molecule has 1 rings (SSSR count). The van der Waals surface area contributed by atoms with Crippen LogP contribution in [0.25, 0.3) is 0 Å². The van der Waals surface area contributed by atoms with Gasteiger partial charge < -0.3 is 16.3 Å². The molecule has 0 aliphatic carbocycles. The fourth-order valence-corrected chi connectivity index (χ4v) is 2.36. The molecule has 0 aliphatic rings. The zero-order valence-electron chi connectivity index (χ0n) is 11.5. The van der Waals surface area contributed by atoms with E-state index < -0.39 is 0 Å². The summed E-state index contributed by atoms with van der Waals surface area (Å²) in [6.07, 6.45) is 3.02. The quantitative estimate of drug-likeness (QED) is 0.170. The minimum atomic E-state index is -0.240. The van der Waals surface area contributed by atoms with Crippen molar-refractivity contribution in [2.24, 2.45) is 16.3 Å². The highest BCUT2D eigenvalue weighted by Crippen LogP contribution is 2.23. The number of amidine groups is 1. The molecule has 0 spiro atoms. The molecule has 0 fully saturated rings. The number of nitrogens with one attached hydrogen (secondary N) is 1. The molecule has 0 saturated heterocycles. The molecule has 4 nitrogen and oxygen atoms in total. The Hall–Kier alpha value is -0.980. The molecule has 4 N–H and O–H groups in total. The highest BCUT2D eigenvalue weighted by Gasteiger charge is 2.22. The van der Waals surface area contributed by atoms with Gasteiger partial charge in [0, 0.05) is 21.2 Å². The van der Waals surface area contributed by atoms with Crippen molar-refractivity contribution in [3.63, 3.8) is 0 Å². The minimum absolute atomic E-state index is 0.240. The Labute approximate surface area is 128 Å². The van der Waals surface area contributed by atoms with Gasteiger partial charge in [-0.05, 0) is 47.6 Å². The predicted octanol–water partition coefficient (Wildman–Crippen LogP) is 3.65. The van der Waals surface area contributed by atoms with Crippen molar-refractivity contribution in [2.75, 3.05) is 11.9 Å². The fraction of sp³-hybridized carbons (Fsp3) is 0.500. The standard InChI is InChI=1S/C14H22IN3O/c1-14(2,13(16)18-19)9-5-6-10-17-12-8-4-3-7-11(12)15/h3-4,7-8,17,19H,5-6,9-10H2,1-2H3,(H2,16,18). The molecule has 5 heteroatoms. The number of halogens is 1. The van der Waals surface area contributed by atoms with E-state index in [2.05, 4.69) is 45.2 Å². The molecule has 0 heterocycles. The van der Waals surface area contributed by atoms with Crippen molar-refractivity contribution < 1.29 is 5.21 Å². The van der Waals surface area contributed by atoms with Crippen molar-refractivity contribution in [3.05, 3.63) is 27.8 Å². The van der Waals surface area contributed by atoms with E-state index in [1.165, 1.54) is 9.26 Å². The van der Waals surface area contributed by atoms with Gasteiger partial charge in [0.15, 0.2) is 0 Å². The molecular formula is C14H22IN3O. The lowest BCUT2D eigenvalue weighted by molar-refractivity contribution is 0.304. The van der Waals surface area contributed by atoms with Gasteiger partial charge in [-0.25, -0.2) is 0 Å². The third-order valence-corrected chi connectivity index (χ3v) is 4.16. The maximum Gasteiger partial charge on any atom is 0.144 e. The summed E-state index contributed by atoms with van der Waals surface area (Å²) in [5.41, 5.74) is 6.60. The Morgan fingerprint density at radius 3 is 2.68 bits per heavy atom. The van der Waals surface area contributed by atoms with Crippen LogP contribution in [0.1, 0.15) is 33.1 Å². The zero-order valence-corrected chi connectivity index (χ0v) is 13.6. The Bertz CT molecular complexity index is 432. The van der Waals surface area contributed by atoms with Crippen molar-refractivity contribution in [2.45, 2.75) is 33.1 Å². The normalized spacial score (nSPS) is 12.5. The topological polar surface area (TPSA) is 70.6 Å². The van der Waals surface area contributed by atoms with E-state index in [9.17, 15) is 0 Å². The molecule has 0 saturated carbocycles. The van der Waals surface area contributed by atoms with Gasteiger partial charge in [0.25, 0.3) is 0 Å². The van der Waals surface area contributed by atoms with E-state index in [-0.39, 0.29) is 5.41 Å². The van der Waals surface area contributed by atoms with E-state index in [4.69, 9.17) is 10.9 Å². The van der Waals surface area contributed by atoms with Crippen LogP contribution < -0.4 is 11.1 Å². The van der Waals surface area contributed by atoms with Gasteiger partial charge in [-0.15, -0.1) is 0 Å². The van der Waals surface area contributed by atoms with E-state index in [0.717, 1.165) is 25.8 Å². The number of nitrogens with two attached hydrogens (primary N) is 1. The number of benzene rings is 1. The molecule has 0 amide bonds. The number of rotatable bonds is 7. The van der Waals surface area contributed by atoms with Crippen LogP contribution in [0.5, 0.6) is 0 Å². The predicted molar refractivity (Wildman–Crippen MR) is 88.7 cm³/mol. The lowest BCUT2D eigenvalue weighted by Crippen LogP contribution is -2.31. The van der Waals surface area contributed by atoms with Crippen LogP contribution in [-0.2, 0) is 0 Å². The second-order valence-corrected chi connectivity index (χ2v) is 6.40. The summed E-state index contributed by atoms with van der Waals surface area (Å²) in [4.78, 5) is 0. The number of hydrogen-bond acceptors (Lipinski definition) is 3. The highest BCUT2D eigenvalue weighted by molar-refractivity contribution is 14.1. The van der Waals surface area contributed by atoms with Crippen LogP contribution in [0.2, 0.25) is 0 Å². The van der Waals surface area contributed by atoms with Gasteiger partial charge >= 0.3 is 0 Å². The number of anilines is 1. The average Bonchev–Trinajstić information content (AvgIpc) is 2.39. The van der Waals surface area contributed by atoms with E-state index in [1.807, 2.05) is 26.0 Å². The van der Waals surface area contributed by atoms with Crippen LogP contribution in [0, 0.1) is 8.99 Å². The maximum absolute atomic E-state index is 8.70. The van der Waals surface area contributed by atoms with Crippen LogP contribution in [-0.4, -0.2) is 17.6 Å². The summed E-state index contributed by atoms with van der Waals surface area (Å²) >= 11 is 2.33. The van der Waals surface area contributed by atoms with Crippen molar-refractivity contribution in [1.29, 1.82) is 0 Å². The first-order chi connectivity index (χ1) is 8.97. The summed E-state index contributed by atoms with van der Waals surface area (Å²) in [6, 6.07) is 8.24. The van der Waals surface area contributed by atoms with Crippen molar-refractivity contribution >= 4 is 34.1 Å². The highest BCUT2D eigenvalue weighted by atomic mass is 127. The number of hydrogen-bond donors (Lipinski definition) is 3. The number of unbranched alkanes of at least 4 members (excludes halogenated alkanes) is 1. The molecule has 0 radical (unpaired) electrons. The molecule has 0 bridgehead atoms. The largest absolute Gasteiger partial charge is 0.409 e. The Kier molecular flexibility index (Phi) is 6.41. The molecular weight excluding hydrogens is 353 g/mol. The van der Waals surface area contributed by atoms with Gasteiger partial charge in [-0.2, -0.15) is 0 Å². The van der Waals surface area contributed by atoms with Crippen LogP contribution in [0.15, 0.2) is 29.4 Å². The summed E-state index contributed by atoms with van der Waals surface area (Å²) in [6.45, 7) is 4.93. The summed E-state index contributed by atoms with van der Waals surface area (Å²) in [7, 11) is 0. The van der Waals surface area contributed by atoms with Gasteiger partial charge in [-0.3, -0.25) is 0 Å². The second-order valence-electron chi connectivity index (χ2n) is 5.23. The van der Waals surface area contributed by atoms with Crippen molar-refractivity contribution in [1.82, 2.24) is 0 Å². The first-order valence-corrected chi connectivity index (χ1v) is 7.51. The van der Waals surface area contributed by atoms with Crippen molar-refractivity contribution in [3.8, 4) is 0 Å². The molecule has 19 heavy (non-hydrogen) atoms. The third kappa shape index (κ3) is 5.26. The smallest absolute Gasteiger partial charge is 0.144 e. The molecule has 1 aromatic carbocycles. The van der Waals surface area contributed by atoms with E-state index >= 15 is 0 Å². The molecule has 0 atom stereocenters. The average molecular weight is 375 g/mol. The van der Waals surface area contributed by atoms with Crippen LogP contribution >= 0.6 is 22.6 Å². The molecule has 0 aromatic heterocycles. The van der Waals surface area contributed by atoms with Gasteiger partial charge in [0.05, 0.1) is 0 Å². The lowest BCUT2D eigenvalue weighted by atomic mass is 9.86. The maximum atomic E-state index is 8.70. The lowest BCUT2D eigenvalue weighted by Gasteiger charge is -2.22. The minimum Gasteiger partial charge on any atom is -0.409 e. The molecule has 106 valence electrons. The SMILES string of the molecule is CC(C)(CCCCNc1ccccc1I)/C(N)=N/O. The summed E-state index contributed by atoms with van der Waals surface area (Å²) < 4.78 is 1.23. The van der Waals surface area contributed by atoms with Gasteiger partial charge in [-0.1, -0.05) is 37.6 Å². The summed E-state index contributed by atoms with van der Waals surface area (Å²) in [5.74, 6) is 0.304. The van der Waals surface area contributed by atoms with Crippen LogP contribution in [0.4, 0.5) is 5.69 Å². The molecule has 0 aliphatic heterocycles. The van der Waals surface area contributed by atoms with E-state index in [0.29, 0.717) is 5.84 Å². The molecule has 1 aromatic rings. The van der Waals surface area contributed by atoms with Gasteiger partial charge in [0.1, 0.15) is 5.84 Å². The Morgan fingerprint density at radius 2 is 2.05 bits per heavy atom. The Balaban J connectivity index is 2.27. The Morgan fingerprint density at radius 1 is 1.37 bits per heavy atom. The van der Waals surface area contributed by atoms with Crippen LogP contribution in [0.3, 0.4) is 0 Å². The monoisotopic (exact) mass is 375 g/mol. The number of oxime groups is 1. The number of nitrogens with zero attached hydrogens (tertiary/aromatic N) is 1. The van der Waals surface area contributed by atoms with Gasteiger partial charge in [0.2, 0.25) is 0 Å². The fourth-order valence-electron chi connectivity index (χ4n) is 1.78. The van der Waals surface area contributed by atoms with E-state index in [1.54, 1.807) is 0 Å². The number of para-hydroxylation sites is 1. The first-order valence-electron chi connectivity index (χ1n) is 6.44. The second kappa shape index (κ2) is 7.57. The first kappa shape index (κ1) is 16.1. The summed E-state index contributed by atoms with van der Waals surface area (Å²) in [5, 5.41) is 15.2. The zero-order chi connectivity index (χ0) is 14.3. The molecule has 0 unspecified atom stereocenters.